The molecule has 2 amide bonds. The number of aryl methyl sites for hydroxylation is 1. The van der Waals surface area contributed by atoms with Gasteiger partial charge in [-0.25, -0.2) is 12.8 Å². The molecule has 2 aromatic carbocycles. The normalized spacial score (nSPS) is 11.4. The Morgan fingerprint density at radius 3 is 2.28 bits per heavy atom. The van der Waals surface area contributed by atoms with Gasteiger partial charge in [-0.3, -0.25) is 9.59 Å². The van der Waals surface area contributed by atoms with Crippen LogP contribution in [-0.2, 0) is 14.8 Å². The Balaban J connectivity index is 2.35. The third-order valence-electron chi connectivity index (χ3n) is 4.31. The second-order valence-electron chi connectivity index (χ2n) is 6.40. The van der Waals surface area contributed by atoms with E-state index >= 15 is 0 Å². The van der Waals surface area contributed by atoms with Crippen molar-refractivity contribution in [2.24, 2.45) is 0 Å². The summed E-state index contributed by atoms with van der Waals surface area (Å²) in [5.74, 6) is -1.64. The molecule has 2 aromatic rings. The lowest BCUT2D eigenvalue weighted by molar-refractivity contribution is -0.114. The number of carbonyl (C=O) groups is 2. The summed E-state index contributed by atoms with van der Waals surface area (Å²) >= 11 is 0. The molecular formula is C20H24FN3O4S. The lowest BCUT2D eigenvalue weighted by Crippen LogP contribution is -2.31. The van der Waals surface area contributed by atoms with Gasteiger partial charge in [0.1, 0.15) is 5.82 Å². The van der Waals surface area contributed by atoms with Gasteiger partial charge in [-0.15, -0.1) is 0 Å². The molecule has 0 saturated heterocycles. The van der Waals surface area contributed by atoms with Gasteiger partial charge in [0.15, 0.2) is 0 Å². The van der Waals surface area contributed by atoms with E-state index in [-0.39, 0.29) is 21.8 Å². The summed E-state index contributed by atoms with van der Waals surface area (Å²) in [6.07, 6.45) is 0. The Morgan fingerprint density at radius 2 is 1.69 bits per heavy atom. The van der Waals surface area contributed by atoms with Crippen molar-refractivity contribution >= 4 is 33.2 Å². The second-order valence-corrected chi connectivity index (χ2v) is 8.31. The maximum Gasteiger partial charge on any atom is 0.255 e. The number of sulfonamides is 1. The molecule has 0 aliphatic carbocycles. The molecule has 0 unspecified atom stereocenters. The fraction of sp³-hybridized carbons (Fsp3) is 0.300. The first-order valence-electron chi connectivity index (χ1n) is 9.09. The smallest absolute Gasteiger partial charge is 0.255 e. The van der Waals surface area contributed by atoms with E-state index in [1.54, 1.807) is 26.8 Å². The Hall–Kier alpha value is -2.78. The monoisotopic (exact) mass is 421 g/mol. The number of hydrogen-bond acceptors (Lipinski definition) is 4. The predicted molar refractivity (Wildman–Crippen MR) is 110 cm³/mol. The Bertz CT molecular complexity index is 1030. The summed E-state index contributed by atoms with van der Waals surface area (Å²) in [5.41, 5.74) is 0.868. The van der Waals surface area contributed by atoms with Crippen molar-refractivity contribution in [1.82, 2.24) is 4.31 Å². The van der Waals surface area contributed by atoms with Crippen LogP contribution in [0.25, 0.3) is 0 Å². The molecule has 9 heteroatoms. The highest BCUT2D eigenvalue weighted by Gasteiger charge is 2.24. The molecule has 7 nitrogen and oxygen atoms in total. The summed E-state index contributed by atoms with van der Waals surface area (Å²) in [5, 5.41) is 4.93. The van der Waals surface area contributed by atoms with Crippen LogP contribution in [0.4, 0.5) is 15.8 Å². The van der Waals surface area contributed by atoms with Crippen molar-refractivity contribution in [2.75, 3.05) is 23.7 Å². The fourth-order valence-electron chi connectivity index (χ4n) is 2.81. The first kappa shape index (κ1) is 22.5. The fourth-order valence-corrected chi connectivity index (χ4v) is 4.52. The summed E-state index contributed by atoms with van der Waals surface area (Å²) in [4.78, 5) is 23.9. The molecule has 0 radical (unpaired) electrons. The van der Waals surface area contributed by atoms with Crippen LogP contribution in [0.1, 0.15) is 36.7 Å². The molecule has 0 bridgehead atoms. The molecule has 0 aliphatic rings. The van der Waals surface area contributed by atoms with E-state index in [4.69, 9.17) is 0 Å². The largest absolute Gasteiger partial charge is 0.324 e. The summed E-state index contributed by atoms with van der Waals surface area (Å²) in [6, 6.07) is 8.17. The number of halogens is 1. The number of carbonyl (C=O) groups excluding carboxylic acids is 2. The average molecular weight is 421 g/mol. The van der Waals surface area contributed by atoms with Gasteiger partial charge >= 0.3 is 0 Å². The third kappa shape index (κ3) is 5.18. The molecule has 0 atom stereocenters. The van der Waals surface area contributed by atoms with E-state index in [0.717, 1.165) is 6.07 Å². The van der Waals surface area contributed by atoms with Gasteiger partial charge in [-0.05, 0) is 42.8 Å². The van der Waals surface area contributed by atoms with Crippen molar-refractivity contribution in [2.45, 2.75) is 32.6 Å². The number of rotatable bonds is 7. The molecule has 0 heterocycles. The van der Waals surface area contributed by atoms with E-state index in [0.29, 0.717) is 18.7 Å². The highest BCUT2D eigenvalue weighted by molar-refractivity contribution is 7.89. The quantitative estimate of drug-likeness (QED) is 0.716. The van der Waals surface area contributed by atoms with Crippen LogP contribution >= 0.6 is 0 Å². The number of anilines is 2. The predicted octanol–water partition coefficient (Wildman–Crippen LogP) is 3.38. The van der Waals surface area contributed by atoms with Crippen molar-refractivity contribution < 1.29 is 22.4 Å². The maximum absolute atomic E-state index is 13.8. The lowest BCUT2D eigenvalue weighted by atomic mass is 10.1. The van der Waals surface area contributed by atoms with Crippen molar-refractivity contribution in [3.8, 4) is 0 Å². The number of amides is 2. The van der Waals surface area contributed by atoms with Crippen LogP contribution in [0.5, 0.6) is 0 Å². The Morgan fingerprint density at radius 1 is 1.03 bits per heavy atom. The van der Waals surface area contributed by atoms with Crippen LogP contribution in [0, 0.1) is 12.7 Å². The number of nitrogens with zero attached hydrogens (tertiary/aromatic N) is 1. The third-order valence-corrected chi connectivity index (χ3v) is 6.50. The SMILES string of the molecule is CCN(CC)S(=O)(=O)c1cc(C(=O)Nc2ccc(F)c(NC(C)=O)c2)ccc1C. The van der Waals surface area contributed by atoms with Crippen molar-refractivity contribution in [3.63, 3.8) is 0 Å². The number of nitrogens with one attached hydrogen (secondary N) is 2. The van der Waals surface area contributed by atoms with Gasteiger partial charge in [0.05, 0.1) is 10.6 Å². The summed E-state index contributed by atoms with van der Waals surface area (Å²) in [6.45, 7) is 7.03. The number of hydrogen-bond donors (Lipinski definition) is 2. The van der Waals surface area contributed by atoms with Gasteiger partial charge in [0.25, 0.3) is 5.91 Å². The van der Waals surface area contributed by atoms with Gasteiger partial charge in [-0.1, -0.05) is 19.9 Å². The minimum absolute atomic E-state index is 0.0619. The second kappa shape index (κ2) is 9.15. The molecule has 156 valence electrons. The number of benzene rings is 2. The van der Waals surface area contributed by atoms with E-state index in [9.17, 15) is 22.4 Å². The first-order chi connectivity index (χ1) is 13.6. The molecule has 0 aliphatic heterocycles. The highest BCUT2D eigenvalue weighted by atomic mass is 32.2. The molecule has 2 rings (SSSR count). The molecule has 0 aromatic heterocycles. The van der Waals surface area contributed by atoms with Crippen LogP contribution in [-0.4, -0.2) is 37.6 Å². The van der Waals surface area contributed by atoms with Gasteiger partial charge in [-0.2, -0.15) is 4.31 Å². The van der Waals surface area contributed by atoms with E-state index < -0.39 is 27.7 Å². The molecular weight excluding hydrogens is 397 g/mol. The van der Waals surface area contributed by atoms with Crippen molar-refractivity contribution in [1.29, 1.82) is 0 Å². The minimum Gasteiger partial charge on any atom is -0.324 e. The average Bonchev–Trinajstić information content (AvgIpc) is 2.65. The lowest BCUT2D eigenvalue weighted by Gasteiger charge is -2.20. The molecule has 0 spiro atoms. The first-order valence-corrected chi connectivity index (χ1v) is 10.5. The standard InChI is InChI=1S/C20H24FN3O4S/c1-5-24(6-2)29(27,28)19-11-15(8-7-13(19)3)20(26)23-16-9-10-17(21)18(12-16)22-14(4)25/h7-12H,5-6H2,1-4H3,(H,22,25)(H,23,26). The molecule has 0 saturated carbocycles. The zero-order valence-electron chi connectivity index (χ0n) is 16.7. The maximum atomic E-state index is 13.8. The van der Waals surface area contributed by atoms with Gasteiger partial charge < -0.3 is 10.6 Å². The Labute approximate surface area is 170 Å². The molecule has 2 N–H and O–H groups in total. The van der Waals surface area contributed by atoms with Crippen LogP contribution in [0.15, 0.2) is 41.3 Å². The minimum atomic E-state index is -3.73. The van der Waals surface area contributed by atoms with Crippen LogP contribution in [0.2, 0.25) is 0 Å². The van der Waals surface area contributed by atoms with Crippen LogP contribution < -0.4 is 10.6 Å². The van der Waals surface area contributed by atoms with E-state index in [1.165, 1.54) is 35.5 Å². The Kier molecular flexibility index (Phi) is 7.10. The van der Waals surface area contributed by atoms with Crippen LogP contribution in [0.3, 0.4) is 0 Å². The summed E-state index contributed by atoms with van der Waals surface area (Å²) in [7, 11) is -3.73. The zero-order valence-corrected chi connectivity index (χ0v) is 17.6. The van der Waals surface area contributed by atoms with Crippen molar-refractivity contribution in [3.05, 3.63) is 53.3 Å². The van der Waals surface area contributed by atoms with E-state index in [1.807, 2.05) is 0 Å². The van der Waals surface area contributed by atoms with Gasteiger partial charge in [0, 0.05) is 31.3 Å². The highest BCUT2D eigenvalue weighted by Crippen LogP contribution is 2.23. The topological polar surface area (TPSA) is 95.6 Å². The summed E-state index contributed by atoms with van der Waals surface area (Å²) < 4.78 is 40.8. The van der Waals surface area contributed by atoms with E-state index in [2.05, 4.69) is 10.6 Å². The zero-order chi connectivity index (χ0) is 21.8. The molecule has 29 heavy (non-hydrogen) atoms. The molecule has 0 fully saturated rings. The van der Waals surface area contributed by atoms with Gasteiger partial charge in [0.2, 0.25) is 15.9 Å².